The number of anilines is 1. The van der Waals surface area contributed by atoms with Crippen LogP contribution in [0.1, 0.15) is 4.88 Å². The maximum Gasteiger partial charge on any atom is 0.161 e. The van der Waals surface area contributed by atoms with Gasteiger partial charge < -0.3 is 14.8 Å². The van der Waals surface area contributed by atoms with Crippen molar-refractivity contribution in [2.45, 2.75) is 6.54 Å². The van der Waals surface area contributed by atoms with E-state index in [2.05, 4.69) is 27.0 Å². The molecule has 3 rings (SSSR count). The van der Waals surface area contributed by atoms with E-state index in [1.54, 1.807) is 25.6 Å². The van der Waals surface area contributed by atoms with Gasteiger partial charge in [0.1, 0.15) is 5.82 Å². The van der Waals surface area contributed by atoms with Gasteiger partial charge in [-0.1, -0.05) is 6.07 Å². The first-order chi connectivity index (χ1) is 11.3. The Labute approximate surface area is 138 Å². The van der Waals surface area contributed by atoms with Crippen LogP contribution >= 0.6 is 11.3 Å². The Kier molecular flexibility index (Phi) is 4.73. The topological polar surface area (TPSA) is 56.3 Å². The van der Waals surface area contributed by atoms with E-state index in [1.165, 1.54) is 4.88 Å². The summed E-state index contributed by atoms with van der Waals surface area (Å²) in [6.07, 6.45) is 0. The summed E-state index contributed by atoms with van der Waals surface area (Å²) in [5.74, 6) is 2.12. The standard InChI is InChI=1S/C17H17N3O2S/c1-21-15-7-5-12(10-16(15)22-2)14-6-8-17(20-19-14)18-11-13-4-3-9-23-13/h3-10H,11H2,1-2H3,(H,18,20). The van der Waals surface area contributed by atoms with Crippen LogP contribution in [0, 0.1) is 0 Å². The molecule has 0 amide bonds. The summed E-state index contributed by atoms with van der Waals surface area (Å²) in [6, 6.07) is 13.7. The summed E-state index contributed by atoms with van der Waals surface area (Å²) in [4.78, 5) is 1.26. The van der Waals surface area contributed by atoms with Crippen LogP contribution in [0.2, 0.25) is 0 Å². The van der Waals surface area contributed by atoms with E-state index in [4.69, 9.17) is 9.47 Å². The second kappa shape index (κ2) is 7.11. The van der Waals surface area contributed by atoms with Crippen molar-refractivity contribution in [3.63, 3.8) is 0 Å². The average molecular weight is 327 g/mol. The minimum atomic E-state index is 0.673. The molecule has 2 aromatic heterocycles. The van der Waals surface area contributed by atoms with Crippen molar-refractivity contribution < 1.29 is 9.47 Å². The van der Waals surface area contributed by atoms with E-state index in [1.807, 2.05) is 36.4 Å². The van der Waals surface area contributed by atoms with Gasteiger partial charge in [0.05, 0.1) is 26.5 Å². The fourth-order valence-electron chi connectivity index (χ4n) is 2.17. The van der Waals surface area contributed by atoms with Crippen LogP contribution in [-0.4, -0.2) is 24.4 Å². The average Bonchev–Trinajstić information content (AvgIpc) is 3.13. The number of ether oxygens (including phenoxy) is 2. The maximum absolute atomic E-state index is 5.32. The molecule has 1 aromatic carbocycles. The van der Waals surface area contributed by atoms with E-state index < -0.39 is 0 Å². The van der Waals surface area contributed by atoms with Gasteiger partial charge >= 0.3 is 0 Å². The molecule has 6 heteroatoms. The van der Waals surface area contributed by atoms with Crippen LogP contribution in [0.25, 0.3) is 11.3 Å². The Morgan fingerprint density at radius 3 is 2.52 bits per heavy atom. The molecule has 0 saturated carbocycles. The summed E-state index contributed by atoms with van der Waals surface area (Å²) in [7, 11) is 3.23. The maximum atomic E-state index is 5.32. The third kappa shape index (κ3) is 3.60. The number of nitrogens with zero attached hydrogens (tertiary/aromatic N) is 2. The number of nitrogens with one attached hydrogen (secondary N) is 1. The number of aromatic nitrogens is 2. The fourth-order valence-corrected chi connectivity index (χ4v) is 2.81. The Morgan fingerprint density at radius 1 is 1.00 bits per heavy atom. The minimum Gasteiger partial charge on any atom is -0.493 e. The molecule has 3 aromatic rings. The van der Waals surface area contributed by atoms with Crippen LogP contribution in [0.4, 0.5) is 5.82 Å². The Bertz CT molecular complexity index is 758. The normalized spacial score (nSPS) is 10.3. The largest absolute Gasteiger partial charge is 0.493 e. The quantitative estimate of drug-likeness (QED) is 0.745. The lowest BCUT2D eigenvalue weighted by atomic mass is 10.1. The lowest BCUT2D eigenvalue weighted by Gasteiger charge is -2.09. The lowest BCUT2D eigenvalue weighted by molar-refractivity contribution is 0.355. The molecule has 23 heavy (non-hydrogen) atoms. The molecule has 0 atom stereocenters. The van der Waals surface area contributed by atoms with Crippen molar-refractivity contribution in [2.75, 3.05) is 19.5 Å². The molecule has 118 valence electrons. The zero-order valence-corrected chi connectivity index (χ0v) is 13.8. The van der Waals surface area contributed by atoms with E-state index in [-0.39, 0.29) is 0 Å². The van der Waals surface area contributed by atoms with Crippen LogP contribution in [-0.2, 0) is 6.54 Å². The van der Waals surface area contributed by atoms with Gasteiger partial charge in [-0.25, -0.2) is 0 Å². The molecular formula is C17H17N3O2S. The van der Waals surface area contributed by atoms with Crippen LogP contribution < -0.4 is 14.8 Å². The third-order valence-corrected chi connectivity index (χ3v) is 4.24. The van der Waals surface area contributed by atoms with Crippen LogP contribution in [0.5, 0.6) is 11.5 Å². The summed E-state index contributed by atoms with van der Waals surface area (Å²) < 4.78 is 10.6. The smallest absolute Gasteiger partial charge is 0.161 e. The van der Waals surface area contributed by atoms with E-state index in [0.29, 0.717) is 11.5 Å². The number of hydrogen-bond acceptors (Lipinski definition) is 6. The SMILES string of the molecule is COc1ccc(-c2ccc(NCc3cccs3)nn2)cc1OC. The number of methoxy groups -OCH3 is 2. The van der Waals surface area contributed by atoms with Crippen LogP contribution in [0.3, 0.4) is 0 Å². The first-order valence-corrected chi connectivity index (χ1v) is 8.00. The molecular weight excluding hydrogens is 310 g/mol. The molecule has 2 heterocycles. The summed E-state index contributed by atoms with van der Waals surface area (Å²) in [6.45, 7) is 0.752. The summed E-state index contributed by atoms with van der Waals surface area (Å²) >= 11 is 1.71. The minimum absolute atomic E-state index is 0.673. The molecule has 0 aliphatic carbocycles. The van der Waals surface area contributed by atoms with E-state index in [0.717, 1.165) is 23.6 Å². The van der Waals surface area contributed by atoms with Crippen molar-refractivity contribution in [1.82, 2.24) is 10.2 Å². The number of hydrogen-bond donors (Lipinski definition) is 1. The van der Waals surface area contributed by atoms with Gasteiger partial charge in [-0.2, -0.15) is 0 Å². The molecule has 0 aliphatic heterocycles. The first-order valence-electron chi connectivity index (χ1n) is 7.12. The number of benzene rings is 1. The van der Waals surface area contributed by atoms with Crippen molar-refractivity contribution in [2.24, 2.45) is 0 Å². The molecule has 0 bridgehead atoms. The molecule has 0 unspecified atom stereocenters. The van der Waals surface area contributed by atoms with Gasteiger partial charge in [-0.15, -0.1) is 21.5 Å². The lowest BCUT2D eigenvalue weighted by Crippen LogP contribution is -2.01. The van der Waals surface area contributed by atoms with Gasteiger partial charge in [0.2, 0.25) is 0 Å². The fraction of sp³-hybridized carbons (Fsp3) is 0.176. The number of thiophene rings is 1. The molecule has 0 saturated heterocycles. The highest BCUT2D eigenvalue weighted by Crippen LogP contribution is 2.31. The second-order valence-corrected chi connectivity index (χ2v) is 5.84. The highest BCUT2D eigenvalue weighted by atomic mass is 32.1. The van der Waals surface area contributed by atoms with Crippen LogP contribution in [0.15, 0.2) is 47.8 Å². The van der Waals surface area contributed by atoms with Crippen molar-refractivity contribution in [1.29, 1.82) is 0 Å². The Morgan fingerprint density at radius 2 is 1.87 bits per heavy atom. The molecule has 0 fully saturated rings. The van der Waals surface area contributed by atoms with Crippen molar-refractivity contribution in [3.8, 4) is 22.8 Å². The van der Waals surface area contributed by atoms with Gasteiger partial charge in [-0.05, 0) is 41.8 Å². The monoisotopic (exact) mass is 327 g/mol. The first kappa shape index (κ1) is 15.3. The number of rotatable bonds is 6. The van der Waals surface area contributed by atoms with Crippen molar-refractivity contribution >= 4 is 17.2 Å². The zero-order valence-electron chi connectivity index (χ0n) is 12.9. The molecule has 0 aliphatic rings. The predicted octanol–water partition coefficient (Wildman–Crippen LogP) is 3.83. The Balaban J connectivity index is 1.74. The highest BCUT2D eigenvalue weighted by molar-refractivity contribution is 7.09. The summed E-state index contributed by atoms with van der Waals surface area (Å²) in [5, 5.41) is 13.8. The Hall–Kier alpha value is -2.60. The molecule has 0 radical (unpaired) electrons. The predicted molar refractivity (Wildman–Crippen MR) is 92.2 cm³/mol. The molecule has 5 nitrogen and oxygen atoms in total. The van der Waals surface area contributed by atoms with Gasteiger partial charge in [0.15, 0.2) is 11.5 Å². The van der Waals surface area contributed by atoms with E-state index >= 15 is 0 Å². The second-order valence-electron chi connectivity index (χ2n) is 4.81. The van der Waals surface area contributed by atoms with Crippen molar-refractivity contribution in [3.05, 3.63) is 52.7 Å². The third-order valence-electron chi connectivity index (χ3n) is 3.37. The molecule has 1 N–H and O–H groups in total. The zero-order chi connectivity index (χ0) is 16.1. The van der Waals surface area contributed by atoms with Gasteiger partial charge in [0, 0.05) is 10.4 Å². The molecule has 0 spiro atoms. The van der Waals surface area contributed by atoms with Gasteiger partial charge in [-0.3, -0.25) is 0 Å². The van der Waals surface area contributed by atoms with Gasteiger partial charge in [0.25, 0.3) is 0 Å². The highest BCUT2D eigenvalue weighted by Gasteiger charge is 2.07. The van der Waals surface area contributed by atoms with E-state index in [9.17, 15) is 0 Å². The summed E-state index contributed by atoms with van der Waals surface area (Å²) in [5.41, 5.74) is 1.72.